The molecule has 28 heavy (non-hydrogen) atoms. The van der Waals surface area contributed by atoms with Crippen LogP contribution in [0.3, 0.4) is 0 Å². The molecular weight excluding hydrogens is 385 g/mol. The van der Waals surface area contributed by atoms with Crippen molar-refractivity contribution in [2.24, 2.45) is 0 Å². The molecule has 0 bridgehead atoms. The largest absolute Gasteiger partial charge is 1.00 e. The Morgan fingerprint density at radius 2 is 1.18 bits per heavy atom. The van der Waals surface area contributed by atoms with Gasteiger partial charge in [0.05, 0.1) is 0 Å². The van der Waals surface area contributed by atoms with Crippen molar-refractivity contribution < 1.29 is 48.7 Å². The molecule has 0 radical (unpaired) electrons. The fourth-order valence-corrected chi connectivity index (χ4v) is 4.23. The number of carbonyl (C=O) groups is 1. The molecule has 0 aliphatic heterocycles. The maximum Gasteiger partial charge on any atom is 1.00 e. The third-order valence-corrected chi connectivity index (χ3v) is 6.28. The number of nitrogens with one attached hydrogen (secondary N) is 1. The smallest absolute Gasteiger partial charge is 1.00 e. The molecule has 0 aromatic rings. The SMILES string of the molecule is CCCCCCCCCCCCCCCCCC(=O)C(CNC)S(=O)(=O)O.[H-].[Na+]. The number of rotatable bonds is 20. The van der Waals surface area contributed by atoms with E-state index in [0.717, 1.165) is 12.8 Å². The summed E-state index contributed by atoms with van der Waals surface area (Å²) in [6, 6.07) is 0. The molecule has 0 fully saturated rings. The summed E-state index contributed by atoms with van der Waals surface area (Å²) in [7, 11) is -2.74. The van der Waals surface area contributed by atoms with Gasteiger partial charge in [-0.2, -0.15) is 8.42 Å². The van der Waals surface area contributed by atoms with Crippen LogP contribution in [0, 0.1) is 0 Å². The molecule has 0 heterocycles. The normalized spacial score (nSPS) is 12.5. The van der Waals surface area contributed by atoms with E-state index in [1.165, 1.54) is 77.0 Å². The number of unbranched alkanes of at least 4 members (excludes halogenated alkanes) is 14. The van der Waals surface area contributed by atoms with Crippen molar-refractivity contribution in [3.05, 3.63) is 0 Å². The van der Waals surface area contributed by atoms with Crippen molar-refractivity contribution in [1.29, 1.82) is 0 Å². The van der Waals surface area contributed by atoms with E-state index < -0.39 is 15.4 Å². The zero-order valence-electron chi connectivity index (χ0n) is 19.7. The molecule has 0 aromatic carbocycles. The quantitative estimate of drug-likeness (QED) is 0.176. The molecule has 1 unspecified atom stereocenters. The van der Waals surface area contributed by atoms with Crippen LogP contribution in [-0.4, -0.2) is 37.6 Å². The molecule has 1 atom stereocenters. The van der Waals surface area contributed by atoms with E-state index in [1.807, 2.05) is 0 Å². The Morgan fingerprint density at radius 1 is 0.821 bits per heavy atom. The molecule has 0 spiro atoms. The second-order valence-electron chi connectivity index (χ2n) is 7.73. The van der Waals surface area contributed by atoms with Gasteiger partial charge in [0.25, 0.3) is 10.1 Å². The average Bonchev–Trinajstić information content (AvgIpc) is 2.61. The predicted molar refractivity (Wildman–Crippen MR) is 115 cm³/mol. The minimum atomic E-state index is -4.31. The van der Waals surface area contributed by atoms with Crippen molar-refractivity contribution in [2.45, 2.75) is 115 Å². The first-order valence-electron chi connectivity index (χ1n) is 11.1. The molecule has 7 heteroatoms. The van der Waals surface area contributed by atoms with Gasteiger partial charge in [0.2, 0.25) is 0 Å². The summed E-state index contributed by atoms with van der Waals surface area (Å²) in [4.78, 5) is 11.9. The zero-order chi connectivity index (χ0) is 20.4. The van der Waals surface area contributed by atoms with Crippen LogP contribution >= 0.6 is 0 Å². The molecule has 5 nitrogen and oxygen atoms in total. The summed E-state index contributed by atoms with van der Waals surface area (Å²) in [6.07, 6.45) is 19.0. The zero-order valence-corrected chi connectivity index (χ0v) is 21.5. The Morgan fingerprint density at radius 3 is 1.50 bits per heavy atom. The summed E-state index contributed by atoms with van der Waals surface area (Å²) in [5.74, 6) is -0.387. The summed E-state index contributed by atoms with van der Waals surface area (Å²) >= 11 is 0. The van der Waals surface area contributed by atoms with E-state index >= 15 is 0 Å². The van der Waals surface area contributed by atoms with Gasteiger partial charge >= 0.3 is 29.6 Å². The molecule has 0 aromatic heterocycles. The Labute approximate surface area is 197 Å². The first-order chi connectivity index (χ1) is 12.9. The average molecular weight is 430 g/mol. The molecule has 0 aliphatic rings. The third-order valence-electron chi connectivity index (χ3n) is 5.13. The fourth-order valence-electron chi connectivity index (χ4n) is 3.40. The number of hydrogen-bond acceptors (Lipinski definition) is 4. The molecular formula is C21H44NNaO4S. The van der Waals surface area contributed by atoms with Crippen LogP contribution in [0.25, 0.3) is 0 Å². The van der Waals surface area contributed by atoms with E-state index in [1.54, 1.807) is 7.05 Å². The summed E-state index contributed by atoms with van der Waals surface area (Å²) in [5.41, 5.74) is 0. The van der Waals surface area contributed by atoms with Crippen molar-refractivity contribution in [3.8, 4) is 0 Å². The van der Waals surface area contributed by atoms with Crippen LogP contribution in [0.5, 0.6) is 0 Å². The Kier molecular flexibility index (Phi) is 22.8. The fraction of sp³-hybridized carbons (Fsp3) is 0.952. The van der Waals surface area contributed by atoms with Gasteiger partial charge in [0, 0.05) is 13.0 Å². The number of carbonyl (C=O) groups excluding carboxylic acids is 1. The molecule has 0 amide bonds. The van der Waals surface area contributed by atoms with Gasteiger partial charge in [0.15, 0.2) is 11.0 Å². The molecule has 0 saturated carbocycles. The summed E-state index contributed by atoms with van der Waals surface area (Å²) in [5, 5.41) is 1.32. The Bertz CT molecular complexity index is 464. The Balaban J connectivity index is -0.00000338. The van der Waals surface area contributed by atoms with Crippen LogP contribution in [0.1, 0.15) is 111 Å². The van der Waals surface area contributed by atoms with Crippen LogP contribution in [-0.2, 0) is 14.9 Å². The van der Waals surface area contributed by atoms with Crippen LogP contribution in [0.4, 0.5) is 0 Å². The van der Waals surface area contributed by atoms with Crippen molar-refractivity contribution in [1.82, 2.24) is 5.32 Å². The number of Topliss-reactive ketones (excluding diaryl/α,β-unsaturated/α-hetero) is 1. The van der Waals surface area contributed by atoms with Gasteiger partial charge < -0.3 is 6.74 Å². The van der Waals surface area contributed by atoms with Gasteiger partial charge in [0.1, 0.15) is 0 Å². The Hall–Kier alpha value is 0.540. The molecule has 0 rings (SSSR count). The second-order valence-corrected chi connectivity index (χ2v) is 9.33. The van der Waals surface area contributed by atoms with E-state index in [-0.39, 0.29) is 49.7 Å². The first-order valence-corrected chi connectivity index (χ1v) is 12.6. The molecule has 2 N–H and O–H groups in total. The number of ketones is 1. The third kappa shape index (κ3) is 18.6. The number of hydrogen-bond donors (Lipinski definition) is 2. The minimum absolute atomic E-state index is 0. The van der Waals surface area contributed by atoms with Gasteiger partial charge in [-0.25, -0.2) is 0 Å². The van der Waals surface area contributed by atoms with Gasteiger partial charge in [-0.15, -0.1) is 0 Å². The summed E-state index contributed by atoms with van der Waals surface area (Å²) in [6.45, 7) is 2.22. The first kappa shape index (κ1) is 30.7. The monoisotopic (exact) mass is 429 g/mol. The molecule has 0 aliphatic carbocycles. The van der Waals surface area contributed by atoms with E-state index in [2.05, 4.69) is 12.2 Å². The maximum atomic E-state index is 11.9. The molecule has 164 valence electrons. The topological polar surface area (TPSA) is 83.5 Å². The standard InChI is InChI=1S/C21H43NO4S.Na.H/c1-3-4-5-6-7-8-9-10-11-12-13-14-15-16-17-18-20(23)21(19-22-2)27(24,25)26;;/h21-22H,3-19H2,1-2H3,(H,24,25,26);;/q;+1;-1. The maximum absolute atomic E-state index is 11.9. The van der Waals surface area contributed by atoms with Crippen LogP contribution in [0.15, 0.2) is 0 Å². The van der Waals surface area contributed by atoms with E-state index in [0.29, 0.717) is 6.42 Å². The van der Waals surface area contributed by atoms with E-state index in [9.17, 15) is 13.2 Å². The van der Waals surface area contributed by atoms with Gasteiger partial charge in [-0.05, 0) is 13.5 Å². The van der Waals surface area contributed by atoms with E-state index in [4.69, 9.17) is 4.55 Å². The minimum Gasteiger partial charge on any atom is -1.00 e. The second kappa shape index (κ2) is 20.8. The van der Waals surface area contributed by atoms with Crippen molar-refractivity contribution in [3.63, 3.8) is 0 Å². The van der Waals surface area contributed by atoms with Gasteiger partial charge in [-0.1, -0.05) is 96.8 Å². The van der Waals surface area contributed by atoms with Crippen molar-refractivity contribution >= 4 is 15.9 Å². The van der Waals surface area contributed by atoms with Crippen molar-refractivity contribution in [2.75, 3.05) is 13.6 Å². The molecule has 0 saturated heterocycles. The van der Waals surface area contributed by atoms with Crippen LogP contribution < -0.4 is 34.9 Å². The van der Waals surface area contributed by atoms with Gasteiger partial charge in [-0.3, -0.25) is 9.35 Å². The van der Waals surface area contributed by atoms with Crippen LogP contribution in [0.2, 0.25) is 0 Å². The predicted octanol–water partition coefficient (Wildman–Crippen LogP) is 2.41. The summed E-state index contributed by atoms with van der Waals surface area (Å²) < 4.78 is 31.6.